The molecule has 2 amide bonds. The standard InChI is InChI=1S/C13H22N2O4/c1-9(16)15-7-11(13(17)14-4-6-18-2)10-3-5-19-12(10)8-15/h10-12H,3-8H2,1-2H3,(H,14,17)/t10-,11-,12+/m0/s1. The van der Waals surface area contributed by atoms with E-state index in [1.165, 1.54) is 6.92 Å². The molecule has 2 aliphatic rings. The van der Waals surface area contributed by atoms with Crippen molar-refractivity contribution in [3.63, 3.8) is 0 Å². The van der Waals surface area contributed by atoms with Gasteiger partial charge in [0.05, 0.1) is 18.6 Å². The molecule has 0 aromatic carbocycles. The number of amides is 2. The van der Waals surface area contributed by atoms with Crippen molar-refractivity contribution in [3.8, 4) is 0 Å². The lowest BCUT2D eigenvalue weighted by Crippen LogP contribution is -2.54. The second kappa shape index (κ2) is 6.34. The highest BCUT2D eigenvalue weighted by atomic mass is 16.5. The number of fused-ring (bicyclic) bond motifs is 1. The third kappa shape index (κ3) is 3.25. The lowest BCUT2D eigenvalue weighted by molar-refractivity contribution is -0.140. The van der Waals surface area contributed by atoms with Crippen molar-refractivity contribution < 1.29 is 19.1 Å². The zero-order valence-electron chi connectivity index (χ0n) is 11.6. The normalized spacial score (nSPS) is 30.0. The molecular weight excluding hydrogens is 248 g/mol. The van der Waals surface area contributed by atoms with Crippen LogP contribution >= 0.6 is 0 Å². The Morgan fingerprint density at radius 3 is 2.89 bits per heavy atom. The Morgan fingerprint density at radius 1 is 1.42 bits per heavy atom. The molecule has 2 heterocycles. The van der Waals surface area contributed by atoms with Crippen LogP contribution in [0.2, 0.25) is 0 Å². The highest BCUT2D eigenvalue weighted by Gasteiger charge is 2.44. The van der Waals surface area contributed by atoms with Crippen LogP contribution in [-0.2, 0) is 19.1 Å². The van der Waals surface area contributed by atoms with E-state index in [1.807, 2.05) is 0 Å². The van der Waals surface area contributed by atoms with Crippen LogP contribution in [0.4, 0.5) is 0 Å². The minimum atomic E-state index is -0.165. The third-order valence-electron chi connectivity index (χ3n) is 3.98. The number of piperidine rings is 1. The Labute approximate surface area is 113 Å². The summed E-state index contributed by atoms with van der Waals surface area (Å²) in [5.74, 6) is 0.0762. The number of rotatable bonds is 4. The summed E-state index contributed by atoms with van der Waals surface area (Å²) in [6.07, 6.45) is 0.912. The summed E-state index contributed by atoms with van der Waals surface area (Å²) in [4.78, 5) is 25.5. The molecule has 0 aromatic rings. The molecule has 0 bridgehead atoms. The molecule has 0 radical (unpaired) electrons. The molecule has 0 saturated carbocycles. The van der Waals surface area contributed by atoms with Gasteiger partial charge in [0.15, 0.2) is 0 Å². The summed E-state index contributed by atoms with van der Waals surface area (Å²) in [7, 11) is 1.60. The smallest absolute Gasteiger partial charge is 0.225 e. The molecule has 0 aliphatic carbocycles. The van der Waals surface area contributed by atoms with Crippen LogP contribution in [0, 0.1) is 11.8 Å². The van der Waals surface area contributed by atoms with Crippen LogP contribution in [0.25, 0.3) is 0 Å². The molecule has 3 atom stereocenters. The molecule has 2 fully saturated rings. The minimum absolute atomic E-state index is 0.00324. The maximum atomic E-state index is 12.2. The molecule has 19 heavy (non-hydrogen) atoms. The Morgan fingerprint density at radius 2 is 2.21 bits per heavy atom. The predicted molar refractivity (Wildman–Crippen MR) is 68.5 cm³/mol. The van der Waals surface area contributed by atoms with Gasteiger partial charge in [-0.15, -0.1) is 0 Å². The number of hydrogen-bond donors (Lipinski definition) is 1. The molecule has 108 valence electrons. The van der Waals surface area contributed by atoms with Crippen LogP contribution in [-0.4, -0.2) is 62.8 Å². The Hall–Kier alpha value is -1.14. The summed E-state index contributed by atoms with van der Waals surface area (Å²) in [5, 5.41) is 2.87. The van der Waals surface area contributed by atoms with Gasteiger partial charge in [0, 0.05) is 46.2 Å². The fraction of sp³-hybridized carbons (Fsp3) is 0.846. The molecular formula is C13H22N2O4. The van der Waals surface area contributed by atoms with Crippen molar-refractivity contribution in [1.82, 2.24) is 10.2 Å². The van der Waals surface area contributed by atoms with Gasteiger partial charge >= 0.3 is 0 Å². The van der Waals surface area contributed by atoms with E-state index in [0.717, 1.165) is 6.42 Å². The van der Waals surface area contributed by atoms with Crippen LogP contribution in [0.15, 0.2) is 0 Å². The summed E-state index contributed by atoms with van der Waals surface area (Å²) in [5.41, 5.74) is 0. The summed E-state index contributed by atoms with van der Waals surface area (Å²) < 4.78 is 10.6. The average molecular weight is 270 g/mol. The molecule has 6 nitrogen and oxygen atoms in total. The van der Waals surface area contributed by atoms with Crippen molar-refractivity contribution in [2.75, 3.05) is 40.0 Å². The molecule has 2 saturated heterocycles. The number of nitrogens with zero attached hydrogens (tertiary/aromatic N) is 1. The van der Waals surface area contributed by atoms with Gasteiger partial charge in [-0.2, -0.15) is 0 Å². The van der Waals surface area contributed by atoms with Crippen LogP contribution in [0.5, 0.6) is 0 Å². The van der Waals surface area contributed by atoms with E-state index in [-0.39, 0.29) is 29.8 Å². The zero-order chi connectivity index (χ0) is 13.8. The van der Waals surface area contributed by atoms with E-state index in [9.17, 15) is 9.59 Å². The van der Waals surface area contributed by atoms with Crippen molar-refractivity contribution in [2.45, 2.75) is 19.4 Å². The van der Waals surface area contributed by atoms with Gasteiger partial charge in [0.25, 0.3) is 0 Å². The second-order valence-electron chi connectivity index (χ2n) is 5.18. The van der Waals surface area contributed by atoms with Crippen molar-refractivity contribution >= 4 is 11.8 Å². The molecule has 0 spiro atoms. The van der Waals surface area contributed by atoms with E-state index in [2.05, 4.69) is 5.32 Å². The molecule has 1 N–H and O–H groups in total. The van der Waals surface area contributed by atoms with Gasteiger partial charge in [0.2, 0.25) is 11.8 Å². The van der Waals surface area contributed by atoms with Crippen molar-refractivity contribution in [1.29, 1.82) is 0 Å². The first-order chi connectivity index (χ1) is 9.13. The number of nitrogens with one attached hydrogen (secondary N) is 1. The zero-order valence-corrected chi connectivity index (χ0v) is 11.6. The fourth-order valence-corrected chi connectivity index (χ4v) is 2.92. The van der Waals surface area contributed by atoms with Crippen molar-refractivity contribution in [3.05, 3.63) is 0 Å². The first-order valence-corrected chi connectivity index (χ1v) is 6.77. The van der Waals surface area contributed by atoms with E-state index in [0.29, 0.717) is 32.8 Å². The van der Waals surface area contributed by atoms with E-state index in [4.69, 9.17) is 9.47 Å². The maximum absolute atomic E-state index is 12.2. The average Bonchev–Trinajstić information content (AvgIpc) is 2.85. The Kier molecular flexibility index (Phi) is 4.76. The molecule has 6 heteroatoms. The largest absolute Gasteiger partial charge is 0.383 e. The Balaban J connectivity index is 1.99. The number of carbonyl (C=O) groups excluding carboxylic acids is 2. The monoisotopic (exact) mass is 270 g/mol. The van der Waals surface area contributed by atoms with Gasteiger partial charge in [-0.25, -0.2) is 0 Å². The number of likely N-dealkylation sites (tertiary alicyclic amines) is 1. The Bertz CT molecular complexity index is 348. The van der Waals surface area contributed by atoms with Crippen molar-refractivity contribution in [2.24, 2.45) is 11.8 Å². The highest BCUT2D eigenvalue weighted by Crippen LogP contribution is 2.33. The van der Waals surface area contributed by atoms with Crippen LogP contribution < -0.4 is 5.32 Å². The summed E-state index contributed by atoms with van der Waals surface area (Å²) in [6, 6.07) is 0. The van der Waals surface area contributed by atoms with Gasteiger partial charge in [0.1, 0.15) is 0 Å². The SMILES string of the molecule is COCCNC(=O)[C@H]1CN(C(C)=O)C[C@H]2OCC[C@@H]12. The summed E-state index contributed by atoms with van der Waals surface area (Å²) >= 11 is 0. The number of methoxy groups -OCH3 is 1. The van der Waals surface area contributed by atoms with E-state index in [1.54, 1.807) is 12.0 Å². The first kappa shape index (κ1) is 14.3. The topological polar surface area (TPSA) is 67.9 Å². The maximum Gasteiger partial charge on any atom is 0.225 e. The molecule has 0 aromatic heterocycles. The van der Waals surface area contributed by atoms with E-state index < -0.39 is 0 Å². The van der Waals surface area contributed by atoms with Gasteiger partial charge < -0.3 is 19.7 Å². The number of hydrogen-bond acceptors (Lipinski definition) is 4. The quantitative estimate of drug-likeness (QED) is 0.708. The molecule has 2 aliphatic heterocycles. The first-order valence-electron chi connectivity index (χ1n) is 6.77. The summed E-state index contributed by atoms with van der Waals surface area (Å²) in [6.45, 7) is 4.34. The molecule has 0 unspecified atom stereocenters. The molecule has 2 rings (SSSR count). The van der Waals surface area contributed by atoms with Gasteiger partial charge in [-0.05, 0) is 6.42 Å². The fourth-order valence-electron chi connectivity index (χ4n) is 2.92. The minimum Gasteiger partial charge on any atom is -0.383 e. The van der Waals surface area contributed by atoms with Gasteiger partial charge in [-0.3, -0.25) is 9.59 Å². The third-order valence-corrected chi connectivity index (χ3v) is 3.98. The number of ether oxygens (including phenoxy) is 2. The van der Waals surface area contributed by atoms with E-state index >= 15 is 0 Å². The van der Waals surface area contributed by atoms with Gasteiger partial charge in [-0.1, -0.05) is 0 Å². The predicted octanol–water partition coefficient (Wildman–Crippen LogP) is -0.368. The lowest BCUT2D eigenvalue weighted by atomic mass is 9.82. The highest BCUT2D eigenvalue weighted by molar-refractivity contribution is 5.81. The number of carbonyl (C=O) groups is 2. The van der Waals surface area contributed by atoms with Crippen LogP contribution in [0.1, 0.15) is 13.3 Å². The second-order valence-corrected chi connectivity index (χ2v) is 5.18. The lowest BCUT2D eigenvalue weighted by Gasteiger charge is -2.38. The van der Waals surface area contributed by atoms with Crippen LogP contribution in [0.3, 0.4) is 0 Å².